The molecule has 0 aliphatic heterocycles. The molecule has 2 nitrogen and oxygen atoms in total. The molecule has 14 heavy (non-hydrogen) atoms. The maximum Gasteiger partial charge on any atom is 0.135 e. The lowest BCUT2D eigenvalue weighted by Gasteiger charge is -1.95. The van der Waals surface area contributed by atoms with Gasteiger partial charge in [-0.05, 0) is 35.1 Å². The summed E-state index contributed by atoms with van der Waals surface area (Å²) in [5.41, 5.74) is 0.950. The average molecular weight is 254 g/mol. The van der Waals surface area contributed by atoms with E-state index < -0.39 is 0 Å². The number of halogens is 1. The third-order valence-electron chi connectivity index (χ3n) is 2.20. The van der Waals surface area contributed by atoms with Crippen molar-refractivity contribution in [3.63, 3.8) is 0 Å². The van der Waals surface area contributed by atoms with Gasteiger partial charge in [-0.2, -0.15) is 0 Å². The summed E-state index contributed by atoms with van der Waals surface area (Å²) in [7, 11) is 1.94. The Kier molecular flexibility index (Phi) is 2.89. The van der Waals surface area contributed by atoms with Crippen LogP contribution in [0.1, 0.15) is 5.76 Å². The van der Waals surface area contributed by atoms with Crippen molar-refractivity contribution in [2.24, 2.45) is 0 Å². The number of para-hydroxylation sites is 1. The molecular formula is C11H12BrNO. The summed E-state index contributed by atoms with van der Waals surface area (Å²) in [6, 6.07) is 8.05. The number of rotatable bonds is 3. The zero-order chi connectivity index (χ0) is 9.97. The predicted octanol–water partition coefficient (Wildman–Crippen LogP) is 2.96. The minimum atomic E-state index is 0.908. The molecule has 74 valence electrons. The molecule has 0 aliphatic carbocycles. The van der Waals surface area contributed by atoms with Gasteiger partial charge in [0.1, 0.15) is 11.3 Å². The molecule has 0 amide bonds. The lowest BCUT2D eigenvalue weighted by atomic mass is 10.2. The molecule has 0 bridgehead atoms. The Bertz CT molecular complexity index is 436. The summed E-state index contributed by atoms with van der Waals surface area (Å²) < 4.78 is 6.80. The summed E-state index contributed by atoms with van der Waals surface area (Å²) in [6.07, 6.45) is 0.908. The van der Waals surface area contributed by atoms with Crippen molar-refractivity contribution >= 4 is 26.9 Å². The minimum Gasteiger partial charge on any atom is -0.460 e. The number of nitrogens with one attached hydrogen (secondary N) is 1. The molecule has 0 saturated heterocycles. The summed E-state index contributed by atoms with van der Waals surface area (Å²) in [6.45, 7) is 0.929. The molecule has 0 unspecified atom stereocenters. The van der Waals surface area contributed by atoms with E-state index in [-0.39, 0.29) is 0 Å². The van der Waals surface area contributed by atoms with Crippen LogP contribution < -0.4 is 5.32 Å². The zero-order valence-corrected chi connectivity index (χ0v) is 9.60. The third-order valence-corrected chi connectivity index (χ3v) is 3.07. The van der Waals surface area contributed by atoms with Crippen molar-refractivity contribution in [3.8, 4) is 0 Å². The normalized spacial score (nSPS) is 11.0. The summed E-state index contributed by atoms with van der Waals surface area (Å²) >= 11 is 3.56. The highest BCUT2D eigenvalue weighted by Crippen LogP contribution is 2.30. The highest BCUT2D eigenvalue weighted by atomic mass is 79.9. The Hall–Kier alpha value is -0.800. The van der Waals surface area contributed by atoms with E-state index in [1.807, 2.05) is 25.2 Å². The maximum atomic E-state index is 5.71. The van der Waals surface area contributed by atoms with Crippen molar-refractivity contribution in [3.05, 3.63) is 34.5 Å². The van der Waals surface area contributed by atoms with E-state index in [4.69, 9.17) is 4.42 Å². The number of hydrogen-bond donors (Lipinski definition) is 1. The monoisotopic (exact) mass is 253 g/mol. The molecule has 2 rings (SSSR count). The van der Waals surface area contributed by atoms with Gasteiger partial charge >= 0.3 is 0 Å². The Morgan fingerprint density at radius 3 is 2.86 bits per heavy atom. The van der Waals surface area contributed by atoms with Gasteiger partial charge in [0.05, 0.1) is 4.47 Å². The number of hydrogen-bond acceptors (Lipinski definition) is 2. The van der Waals surface area contributed by atoms with Crippen LogP contribution in [0, 0.1) is 0 Å². The quantitative estimate of drug-likeness (QED) is 0.910. The molecule has 3 heteroatoms. The smallest absolute Gasteiger partial charge is 0.135 e. The fourth-order valence-corrected chi connectivity index (χ4v) is 2.07. The SMILES string of the molecule is CNCCc1oc2ccccc2c1Br. The highest BCUT2D eigenvalue weighted by molar-refractivity contribution is 9.10. The molecule has 2 aromatic rings. The van der Waals surface area contributed by atoms with Crippen molar-refractivity contribution in [2.75, 3.05) is 13.6 Å². The van der Waals surface area contributed by atoms with Gasteiger partial charge in [-0.3, -0.25) is 0 Å². The first-order valence-electron chi connectivity index (χ1n) is 4.63. The Morgan fingerprint density at radius 1 is 1.36 bits per heavy atom. The first-order chi connectivity index (χ1) is 6.83. The van der Waals surface area contributed by atoms with Crippen molar-refractivity contribution in [2.45, 2.75) is 6.42 Å². The van der Waals surface area contributed by atoms with E-state index >= 15 is 0 Å². The van der Waals surface area contributed by atoms with Crippen LogP contribution in [0.4, 0.5) is 0 Å². The molecular weight excluding hydrogens is 242 g/mol. The van der Waals surface area contributed by atoms with Crippen LogP contribution in [0.5, 0.6) is 0 Å². The van der Waals surface area contributed by atoms with E-state index in [2.05, 4.69) is 27.3 Å². The lowest BCUT2D eigenvalue weighted by Crippen LogP contribution is -2.09. The largest absolute Gasteiger partial charge is 0.460 e. The van der Waals surface area contributed by atoms with Crippen LogP contribution in [-0.2, 0) is 6.42 Å². The first kappa shape index (κ1) is 9.74. The molecule has 1 heterocycles. The van der Waals surface area contributed by atoms with Gasteiger partial charge in [0.15, 0.2) is 0 Å². The Morgan fingerprint density at radius 2 is 2.14 bits per heavy atom. The second kappa shape index (κ2) is 4.15. The molecule has 0 aliphatic rings. The number of fused-ring (bicyclic) bond motifs is 1. The van der Waals surface area contributed by atoms with E-state index in [0.717, 1.165) is 34.2 Å². The van der Waals surface area contributed by atoms with Crippen LogP contribution in [0.3, 0.4) is 0 Å². The fourth-order valence-electron chi connectivity index (χ4n) is 1.46. The van der Waals surface area contributed by atoms with Crippen molar-refractivity contribution in [1.29, 1.82) is 0 Å². The molecule has 0 spiro atoms. The van der Waals surface area contributed by atoms with E-state index in [1.54, 1.807) is 0 Å². The average Bonchev–Trinajstić information content (AvgIpc) is 2.54. The topological polar surface area (TPSA) is 25.2 Å². The van der Waals surface area contributed by atoms with Gasteiger partial charge in [-0.1, -0.05) is 12.1 Å². The minimum absolute atomic E-state index is 0.908. The molecule has 1 aromatic heterocycles. The molecule has 0 fully saturated rings. The zero-order valence-electron chi connectivity index (χ0n) is 8.01. The summed E-state index contributed by atoms with van der Waals surface area (Å²) in [5.74, 6) is 1.01. The Balaban J connectivity index is 2.41. The van der Waals surface area contributed by atoms with Gasteiger partial charge in [-0.25, -0.2) is 0 Å². The van der Waals surface area contributed by atoms with Gasteiger partial charge < -0.3 is 9.73 Å². The molecule has 0 radical (unpaired) electrons. The van der Waals surface area contributed by atoms with Crippen LogP contribution in [0.25, 0.3) is 11.0 Å². The number of furan rings is 1. The molecule has 1 aromatic carbocycles. The second-order valence-electron chi connectivity index (χ2n) is 3.19. The molecule has 1 N–H and O–H groups in total. The van der Waals surface area contributed by atoms with Crippen LogP contribution >= 0.6 is 15.9 Å². The summed E-state index contributed by atoms with van der Waals surface area (Å²) in [4.78, 5) is 0. The van der Waals surface area contributed by atoms with E-state index in [9.17, 15) is 0 Å². The standard InChI is InChI=1S/C11H12BrNO/c1-13-7-6-10-11(12)8-4-2-3-5-9(8)14-10/h2-5,13H,6-7H2,1H3. The van der Waals surface area contributed by atoms with Crippen molar-refractivity contribution < 1.29 is 4.42 Å². The lowest BCUT2D eigenvalue weighted by molar-refractivity contribution is 0.538. The first-order valence-corrected chi connectivity index (χ1v) is 5.42. The van der Waals surface area contributed by atoms with Crippen LogP contribution in [0.2, 0.25) is 0 Å². The van der Waals surface area contributed by atoms with Gasteiger partial charge in [-0.15, -0.1) is 0 Å². The van der Waals surface area contributed by atoms with Crippen LogP contribution in [-0.4, -0.2) is 13.6 Å². The second-order valence-corrected chi connectivity index (χ2v) is 3.98. The van der Waals surface area contributed by atoms with Crippen molar-refractivity contribution in [1.82, 2.24) is 5.32 Å². The highest BCUT2D eigenvalue weighted by Gasteiger charge is 2.09. The molecule has 0 atom stereocenters. The fraction of sp³-hybridized carbons (Fsp3) is 0.273. The predicted molar refractivity (Wildman–Crippen MR) is 61.5 cm³/mol. The Labute approximate surface area is 91.4 Å². The molecule has 0 saturated carbocycles. The number of likely N-dealkylation sites (N-methyl/N-ethyl adjacent to an activating group) is 1. The van der Waals surface area contributed by atoms with Crippen LogP contribution in [0.15, 0.2) is 33.2 Å². The number of benzene rings is 1. The maximum absolute atomic E-state index is 5.71. The summed E-state index contributed by atoms with van der Waals surface area (Å²) in [5, 5.41) is 4.26. The van der Waals surface area contributed by atoms with Gasteiger partial charge in [0, 0.05) is 18.4 Å². The van der Waals surface area contributed by atoms with Gasteiger partial charge in [0.2, 0.25) is 0 Å². The third kappa shape index (κ3) is 1.70. The van der Waals surface area contributed by atoms with Gasteiger partial charge in [0.25, 0.3) is 0 Å². The van der Waals surface area contributed by atoms with E-state index in [0.29, 0.717) is 0 Å². The van der Waals surface area contributed by atoms with E-state index in [1.165, 1.54) is 0 Å².